The maximum Gasteiger partial charge on any atom is 0.321 e. The molecule has 3 N–H and O–H groups in total. The summed E-state index contributed by atoms with van der Waals surface area (Å²) in [4.78, 5) is 8.27. The van der Waals surface area contributed by atoms with Gasteiger partial charge in [-0.25, -0.2) is 18.4 Å². The van der Waals surface area contributed by atoms with Gasteiger partial charge in [0.25, 0.3) is 0 Å². The molecule has 0 aliphatic heterocycles. The highest BCUT2D eigenvalue weighted by Gasteiger charge is 2.30. The number of rotatable bonds is 8. The molecule has 176 valence electrons. The lowest BCUT2D eigenvalue weighted by atomic mass is 10.0. The number of nitrogens with zero attached hydrogens (tertiary/aromatic N) is 3. The minimum atomic E-state index is -3.35. The molecule has 2 aromatic carbocycles. The van der Waals surface area contributed by atoms with E-state index >= 15 is 0 Å². The van der Waals surface area contributed by atoms with Crippen molar-refractivity contribution in [2.45, 2.75) is 39.2 Å². The molecule has 2 heterocycles. The number of nitrogens with one attached hydrogen (secondary N) is 1. The molecule has 34 heavy (non-hydrogen) atoms. The van der Waals surface area contributed by atoms with E-state index in [1.165, 1.54) is 0 Å². The number of ether oxygens (including phenoxy) is 1. The van der Waals surface area contributed by atoms with Crippen LogP contribution in [0.1, 0.15) is 37.8 Å². The van der Waals surface area contributed by atoms with Crippen molar-refractivity contribution < 1.29 is 13.2 Å². The van der Waals surface area contributed by atoms with Crippen molar-refractivity contribution in [2.24, 2.45) is 0 Å². The van der Waals surface area contributed by atoms with Crippen LogP contribution in [0.3, 0.4) is 0 Å². The second kappa shape index (κ2) is 8.64. The summed E-state index contributed by atoms with van der Waals surface area (Å²) in [6.07, 6.45) is 6.00. The standard InChI is InChI=1S/C25H27N5O3S/c1-3-13-34(31,32)29-17-5-9-20(16(2)14-17)24-23(26)21-10-8-19(33-25-27-11-4-12-28-25)15-22(21)30(24)18-6-7-18/h4-5,8-12,14-15,18,29H,3,6-7,13,26H2,1-2H3. The molecule has 0 saturated heterocycles. The van der Waals surface area contributed by atoms with Crippen LogP contribution in [0.15, 0.2) is 54.9 Å². The van der Waals surface area contributed by atoms with Crippen LogP contribution in [0.4, 0.5) is 11.4 Å². The summed E-state index contributed by atoms with van der Waals surface area (Å²) < 4.78 is 35.2. The largest absolute Gasteiger partial charge is 0.424 e. The molecule has 0 spiro atoms. The highest BCUT2D eigenvalue weighted by molar-refractivity contribution is 7.92. The van der Waals surface area contributed by atoms with E-state index in [9.17, 15) is 8.42 Å². The van der Waals surface area contributed by atoms with Gasteiger partial charge in [0.2, 0.25) is 10.0 Å². The monoisotopic (exact) mass is 477 g/mol. The third-order valence-electron chi connectivity index (χ3n) is 5.91. The molecule has 0 bridgehead atoms. The molecule has 1 fully saturated rings. The smallest absolute Gasteiger partial charge is 0.321 e. The van der Waals surface area contributed by atoms with Gasteiger partial charge in [-0.2, -0.15) is 0 Å². The zero-order valence-corrected chi connectivity index (χ0v) is 20.0. The predicted molar refractivity (Wildman–Crippen MR) is 135 cm³/mol. The number of fused-ring (bicyclic) bond motifs is 1. The quantitative estimate of drug-likeness (QED) is 0.358. The third kappa shape index (κ3) is 4.31. The Morgan fingerprint density at radius 1 is 1.15 bits per heavy atom. The lowest BCUT2D eigenvalue weighted by Crippen LogP contribution is -2.16. The lowest BCUT2D eigenvalue weighted by molar-refractivity contribution is 0.442. The van der Waals surface area contributed by atoms with Crippen molar-refractivity contribution in [2.75, 3.05) is 16.2 Å². The molecule has 2 aromatic heterocycles. The Labute approximate surface area is 198 Å². The van der Waals surface area contributed by atoms with Crippen LogP contribution < -0.4 is 15.2 Å². The number of nitrogen functional groups attached to an aromatic ring is 1. The number of sulfonamides is 1. The molecular weight excluding hydrogens is 450 g/mol. The summed E-state index contributed by atoms with van der Waals surface area (Å²) in [5.41, 5.74) is 11.8. The molecular formula is C25H27N5O3S. The average Bonchev–Trinajstić information content (AvgIpc) is 3.59. The highest BCUT2D eigenvalue weighted by Crippen LogP contribution is 2.47. The number of aromatic nitrogens is 3. The van der Waals surface area contributed by atoms with Gasteiger partial charge in [0.1, 0.15) is 5.75 Å². The Hall–Kier alpha value is -3.59. The number of anilines is 2. The SMILES string of the molecule is CCCS(=O)(=O)Nc1ccc(-c2c(N)c3ccc(Oc4ncccn4)cc3n2C2CC2)c(C)c1. The zero-order valence-electron chi connectivity index (χ0n) is 19.2. The van der Waals surface area contributed by atoms with Crippen LogP contribution in [0, 0.1) is 6.92 Å². The highest BCUT2D eigenvalue weighted by atomic mass is 32.2. The molecule has 9 heteroatoms. The number of nitrogens with two attached hydrogens (primary N) is 1. The normalized spacial score (nSPS) is 13.8. The predicted octanol–water partition coefficient (Wildman–Crippen LogP) is 5.27. The maximum absolute atomic E-state index is 12.2. The van der Waals surface area contributed by atoms with Crippen LogP contribution in [0.2, 0.25) is 0 Å². The van der Waals surface area contributed by atoms with Crippen LogP contribution in [0.5, 0.6) is 11.8 Å². The van der Waals surface area contributed by atoms with E-state index in [-0.39, 0.29) is 11.8 Å². The van der Waals surface area contributed by atoms with Gasteiger partial charge in [0.15, 0.2) is 0 Å². The Kier molecular flexibility index (Phi) is 5.65. The van der Waals surface area contributed by atoms with Crippen LogP contribution >= 0.6 is 0 Å². The van der Waals surface area contributed by atoms with Crippen molar-refractivity contribution in [1.82, 2.24) is 14.5 Å². The molecule has 0 radical (unpaired) electrons. The summed E-state index contributed by atoms with van der Waals surface area (Å²) in [5.74, 6) is 0.733. The average molecular weight is 478 g/mol. The fourth-order valence-electron chi connectivity index (χ4n) is 4.30. The summed E-state index contributed by atoms with van der Waals surface area (Å²) in [6.45, 7) is 3.82. The topological polar surface area (TPSA) is 112 Å². The first-order valence-electron chi connectivity index (χ1n) is 11.4. The van der Waals surface area contributed by atoms with Crippen molar-refractivity contribution in [3.8, 4) is 23.0 Å². The molecule has 5 rings (SSSR count). The minimum absolute atomic E-state index is 0.0924. The van der Waals surface area contributed by atoms with E-state index in [0.29, 0.717) is 29.6 Å². The molecule has 4 aromatic rings. The second-order valence-corrected chi connectivity index (χ2v) is 10.5. The van der Waals surface area contributed by atoms with Crippen molar-refractivity contribution in [3.63, 3.8) is 0 Å². The van der Waals surface area contributed by atoms with Crippen LogP contribution in [-0.4, -0.2) is 28.7 Å². The summed E-state index contributed by atoms with van der Waals surface area (Å²) >= 11 is 0. The molecule has 1 saturated carbocycles. The summed E-state index contributed by atoms with van der Waals surface area (Å²) in [6, 6.07) is 13.8. The fraction of sp³-hybridized carbons (Fsp3) is 0.280. The Morgan fingerprint density at radius 2 is 1.91 bits per heavy atom. The third-order valence-corrected chi connectivity index (χ3v) is 7.40. The fourth-order valence-corrected chi connectivity index (χ4v) is 5.43. The van der Waals surface area contributed by atoms with Gasteiger partial charge in [0.05, 0.1) is 22.7 Å². The van der Waals surface area contributed by atoms with Gasteiger partial charge >= 0.3 is 6.01 Å². The number of hydrogen-bond donors (Lipinski definition) is 2. The molecule has 1 aliphatic carbocycles. The zero-order chi connectivity index (χ0) is 23.9. The first kappa shape index (κ1) is 22.2. The molecule has 0 amide bonds. The first-order valence-corrected chi connectivity index (χ1v) is 13.0. The van der Waals surface area contributed by atoms with Crippen LogP contribution in [-0.2, 0) is 10.0 Å². The van der Waals surface area contributed by atoms with E-state index in [1.54, 1.807) is 24.5 Å². The molecule has 0 atom stereocenters. The number of aryl methyl sites for hydroxylation is 1. The van der Waals surface area contributed by atoms with Crippen LogP contribution in [0.25, 0.3) is 22.2 Å². The second-order valence-electron chi connectivity index (χ2n) is 8.63. The van der Waals surface area contributed by atoms with Gasteiger partial charge in [-0.1, -0.05) is 13.0 Å². The molecule has 1 aliphatic rings. The Bertz CT molecular complexity index is 1460. The Morgan fingerprint density at radius 3 is 2.59 bits per heavy atom. The lowest BCUT2D eigenvalue weighted by Gasteiger charge is -2.15. The van der Waals surface area contributed by atoms with E-state index in [1.807, 2.05) is 44.2 Å². The summed E-state index contributed by atoms with van der Waals surface area (Å²) in [5, 5.41) is 0.954. The van der Waals surface area contributed by atoms with E-state index in [4.69, 9.17) is 10.5 Å². The number of benzene rings is 2. The van der Waals surface area contributed by atoms with Gasteiger partial charge in [-0.3, -0.25) is 4.72 Å². The summed E-state index contributed by atoms with van der Waals surface area (Å²) in [7, 11) is -3.35. The minimum Gasteiger partial charge on any atom is -0.424 e. The van der Waals surface area contributed by atoms with Crippen molar-refractivity contribution >= 4 is 32.3 Å². The molecule has 8 nitrogen and oxygen atoms in total. The van der Waals surface area contributed by atoms with Gasteiger partial charge in [-0.05, 0) is 62.1 Å². The van der Waals surface area contributed by atoms with E-state index < -0.39 is 10.0 Å². The molecule has 0 unspecified atom stereocenters. The van der Waals surface area contributed by atoms with Gasteiger partial charge in [0, 0.05) is 41.1 Å². The van der Waals surface area contributed by atoms with E-state index in [0.717, 1.165) is 40.6 Å². The van der Waals surface area contributed by atoms with Gasteiger partial charge < -0.3 is 15.0 Å². The maximum atomic E-state index is 12.2. The number of hydrogen-bond acceptors (Lipinski definition) is 6. The Balaban J connectivity index is 1.57. The van der Waals surface area contributed by atoms with Gasteiger partial charge in [-0.15, -0.1) is 0 Å². The first-order chi connectivity index (χ1) is 16.4. The van der Waals surface area contributed by atoms with Crippen molar-refractivity contribution in [1.29, 1.82) is 0 Å². The van der Waals surface area contributed by atoms with Crippen molar-refractivity contribution in [3.05, 3.63) is 60.4 Å². The van der Waals surface area contributed by atoms with E-state index in [2.05, 4.69) is 19.3 Å².